The van der Waals surface area contributed by atoms with Gasteiger partial charge in [-0.25, -0.2) is 4.98 Å². The van der Waals surface area contributed by atoms with Crippen LogP contribution in [0.1, 0.15) is 31.4 Å². The van der Waals surface area contributed by atoms with Crippen LogP contribution in [0.15, 0.2) is 18.2 Å². The summed E-state index contributed by atoms with van der Waals surface area (Å²) in [6, 6.07) is 5.90. The Balaban J connectivity index is 1.43. The van der Waals surface area contributed by atoms with Crippen LogP contribution in [-0.2, 0) is 6.54 Å². The van der Waals surface area contributed by atoms with Crippen LogP contribution >= 0.6 is 11.6 Å². The van der Waals surface area contributed by atoms with Crippen molar-refractivity contribution < 1.29 is 0 Å². The molecule has 3 heterocycles. The molecule has 0 saturated carbocycles. The minimum absolute atomic E-state index is 0.603. The molecule has 2 fully saturated rings. The Hall–Kier alpha value is -0.640. The summed E-state index contributed by atoms with van der Waals surface area (Å²) in [5, 5.41) is 0.603. The molecule has 0 aliphatic carbocycles. The lowest BCUT2D eigenvalue weighted by Gasteiger charge is -2.33. The predicted octanol–water partition coefficient (Wildman–Crippen LogP) is 3.04. The summed E-state index contributed by atoms with van der Waals surface area (Å²) >= 11 is 5.95. The highest BCUT2D eigenvalue weighted by molar-refractivity contribution is 6.29. The van der Waals surface area contributed by atoms with E-state index in [0.717, 1.165) is 18.2 Å². The molecular formula is C16H24ClN3. The van der Waals surface area contributed by atoms with E-state index in [1.54, 1.807) is 0 Å². The second kappa shape index (κ2) is 6.88. The van der Waals surface area contributed by atoms with E-state index in [2.05, 4.69) is 20.9 Å². The number of likely N-dealkylation sites (tertiary alicyclic amines) is 2. The number of piperidine rings is 1. The van der Waals surface area contributed by atoms with Crippen LogP contribution in [0.2, 0.25) is 5.15 Å². The average Bonchev–Trinajstić information content (AvgIpc) is 2.94. The molecule has 2 aliphatic heterocycles. The molecule has 3 rings (SSSR count). The summed E-state index contributed by atoms with van der Waals surface area (Å²) in [7, 11) is 0. The first kappa shape index (κ1) is 14.3. The van der Waals surface area contributed by atoms with Gasteiger partial charge >= 0.3 is 0 Å². The summed E-state index contributed by atoms with van der Waals surface area (Å²) in [4.78, 5) is 9.55. The molecule has 1 aromatic rings. The Bertz CT molecular complexity index is 423. The second-order valence-electron chi connectivity index (χ2n) is 6.18. The van der Waals surface area contributed by atoms with E-state index in [-0.39, 0.29) is 0 Å². The van der Waals surface area contributed by atoms with Crippen molar-refractivity contribution in [3.05, 3.63) is 29.0 Å². The van der Waals surface area contributed by atoms with E-state index in [9.17, 15) is 0 Å². The van der Waals surface area contributed by atoms with Crippen molar-refractivity contribution in [3.8, 4) is 0 Å². The fourth-order valence-corrected chi connectivity index (χ4v) is 3.61. The number of halogens is 1. The number of pyridine rings is 1. The third kappa shape index (κ3) is 3.94. The lowest BCUT2D eigenvalue weighted by atomic mass is 9.96. The third-order valence-corrected chi connectivity index (χ3v) is 4.79. The molecule has 0 bridgehead atoms. The topological polar surface area (TPSA) is 19.4 Å². The van der Waals surface area contributed by atoms with Crippen molar-refractivity contribution in [2.45, 2.75) is 32.2 Å². The van der Waals surface area contributed by atoms with Crippen LogP contribution in [0.25, 0.3) is 0 Å². The van der Waals surface area contributed by atoms with Crippen molar-refractivity contribution >= 4 is 11.6 Å². The Labute approximate surface area is 126 Å². The van der Waals surface area contributed by atoms with Gasteiger partial charge in [0.05, 0.1) is 5.69 Å². The first-order chi connectivity index (χ1) is 9.79. The van der Waals surface area contributed by atoms with E-state index in [1.807, 2.05) is 12.1 Å². The smallest absolute Gasteiger partial charge is 0.129 e. The number of rotatable bonds is 4. The highest BCUT2D eigenvalue weighted by Crippen LogP contribution is 2.21. The van der Waals surface area contributed by atoms with Gasteiger partial charge in [0.25, 0.3) is 0 Å². The Morgan fingerprint density at radius 3 is 2.50 bits per heavy atom. The summed E-state index contributed by atoms with van der Waals surface area (Å²) in [5.41, 5.74) is 1.09. The first-order valence-electron chi connectivity index (χ1n) is 7.86. The molecule has 2 saturated heterocycles. The van der Waals surface area contributed by atoms with Gasteiger partial charge < -0.3 is 4.90 Å². The van der Waals surface area contributed by atoms with Crippen LogP contribution in [0.5, 0.6) is 0 Å². The molecule has 110 valence electrons. The fourth-order valence-electron chi connectivity index (χ4n) is 3.42. The Morgan fingerprint density at radius 2 is 1.80 bits per heavy atom. The van der Waals surface area contributed by atoms with Crippen molar-refractivity contribution in [2.75, 3.05) is 32.7 Å². The molecule has 0 atom stereocenters. The SMILES string of the molecule is Clc1cccc(CN2CCC(CN3CCCC3)CC2)n1. The van der Waals surface area contributed by atoms with Gasteiger partial charge in [-0.15, -0.1) is 0 Å². The monoisotopic (exact) mass is 293 g/mol. The van der Waals surface area contributed by atoms with E-state index in [0.29, 0.717) is 5.15 Å². The van der Waals surface area contributed by atoms with E-state index >= 15 is 0 Å². The average molecular weight is 294 g/mol. The van der Waals surface area contributed by atoms with Gasteiger partial charge in [-0.05, 0) is 69.9 Å². The summed E-state index contributed by atoms with van der Waals surface area (Å²) < 4.78 is 0. The van der Waals surface area contributed by atoms with Gasteiger partial charge in [0.1, 0.15) is 5.15 Å². The zero-order chi connectivity index (χ0) is 13.8. The molecule has 4 heteroatoms. The van der Waals surface area contributed by atoms with Crippen LogP contribution in [-0.4, -0.2) is 47.5 Å². The van der Waals surface area contributed by atoms with Gasteiger partial charge in [0.15, 0.2) is 0 Å². The lowest BCUT2D eigenvalue weighted by Crippen LogP contribution is -2.37. The molecule has 0 unspecified atom stereocenters. The fraction of sp³-hybridized carbons (Fsp3) is 0.688. The van der Waals surface area contributed by atoms with Crippen molar-refractivity contribution in [3.63, 3.8) is 0 Å². The molecule has 0 aromatic carbocycles. The van der Waals surface area contributed by atoms with Gasteiger partial charge in [-0.1, -0.05) is 17.7 Å². The van der Waals surface area contributed by atoms with Gasteiger partial charge in [-0.2, -0.15) is 0 Å². The van der Waals surface area contributed by atoms with Gasteiger partial charge in [-0.3, -0.25) is 4.90 Å². The minimum Gasteiger partial charge on any atom is -0.303 e. The van der Waals surface area contributed by atoms with Crippen LogP contribution < -0.4 is 0 Å². The highest BCUT2D eigenvalue weighted by Gasteiger charge is 2.22. The number of hydrogen-bond acceptors (Lipinski definition) is 3. The van der Waals surface area contributed by atoms with Crippen molar-refractivity contribution in [1.29, 1.82) is 0 Å². The maximum atomic E-state index is 5.95. The third-order valence-electron chi connectivity index (χ3n) is 4.58. The normalized spacial score (nSPS) is 22.4. The second-order valence-corrected chi connectivity index (χ2v) is 6.57. The number of hydrogen-bond donors (Lipinski definition) is 0. The molecule has 0 radical (unpaired) electrons. The maximum absolute atomic E-state index is 5.95. The zero-order valence-corrected chi connectivity index (χ0v) is 12.9. The highest BCUT2D eigenvalue weighted by atomic mass is 35.5. The van der Waals surface area contributed by atoms with E-state index in [4.69, 9.17) is 11.6 Å². The zero-order valence-electron chi connectivity index (χ0n) is 12.1. The standard InChI is InChI=1S/C16H24ClN3/c17-16-5-3-4-15(18-16)13-20-10-6-14(7-11-20)12-19-8-1-2-9-19/h3-5,14H,1-2,6-13H2. The van der Waals surface area contributed by atoms with Crippen LogP contribution in [0.3, 0.4) is 0 Å². The molecule has 20 heavy (non-hydrogen) atoms. The molecule has 0 spiro atoms. The molecular weight excluding hydrogens is 270 g/mol. The van der Waals surface area contributed by atoms with Gasteiger partial charge in [0.2, 0.25) is 0 Å². The lowest BCUT2D eigenvalue weighted by molar-refractivity contribution is 0.147. The quantitative estimate of drug-likeness (QED) is 0.796. The molecule has 2 aliphatic rings. The maximum Gasteiger partial charge on any atom is 0.129 e. The van der Waals surface area contributed by atoms with Gasteiger partial charge in [0, 0.05) is 13.1 Å². The summed E-state index contributed by atoms with van der Waals surface area (Å²) in [6.07, 6.45) is 5.46. The van der Waals surface area contributed by atoms with Crippen molar-refractivity contribution in [2.24, 2.45) is 5.92 Å². The predicted molar refractivity (Wildman–Crippen MR) is 82.9 cm³/mol. The Kier molecular flexibility index (Phi) is 4.92. The molecule has 0 N–H and O–H groups in total. The number of aromatic nitrogens is 1. The minimum atomic E-state index is 0.603. The molecule has 3 nitrogen and oxygen atoms in total. The van der Waals surface area contributed by atoms with Crippen LogP contribution in [0.4, 0.5) is 0 Å². The molecule has 0 amide bonds. The molecule has 1 aromatic heterocycles. The van der Waals surface area contributed by atoms with E-state index < -0.39 is 0 Å². The van der Waals surface area contributed by atoms with E-state index in [1.165, 1.54) is 58.4 Å². The largest absolute Gasteiger partial charge is 0.303 e. The number of nitrogens with zero attached hydrogens (tertiary/aromatic N) is 3. The summed E-state index contributed by atoms with van der Waals surface area (Å²) in [6.45, 7) is 7.32. The first-order valence-corrected chi connectivity index (χ1v) is 8.23. The van der Waals surface area contributed by atoms with Crippen molar-refractivity contribution in [1.82, 2.24) is 14.8 Å². The summed E-state index contributed by atoms with van der Waals surface area (Å²) in [5.74, 6) is 0.900. The van der Waals surface area contributed by atoms with Crippen LogP contribution in [0, 0.1) is 5.92 Å². The Morgan fingerprint density at radius 1 is 1.05 bits per heavy atom.